The van der Waals surface area contributed by atoms with Crippen LogP contribution in [0.4, 0.5) is 0 Å². The smallest absolute Gasteiger partial charge is 0.262 e. The summed E-state index contributed by atoms with van der Waals surface area (Å²) < 4.78 is 7.17. The predicted octanol–water partition coefficient (Wildman–Crippen LogP) is 5.78. The third-order valence-electron chi connectivity index (χ3n) is 9.53. The molecule has 7 rings (SSSR count). The van der Waals surface area contributed by atoms with E-state index >= 15 is 0 Å². The number of carbonyl (C=O) groups excluding carboxylic acids is 1. The van der Waals surface area contributed by atoms with Crippen LogP contribution in [-0.2, 0) is 17.9 Å². The van der Waals surface area contributed by atoms with Gasteiger partial charge in [-0.05, 0) is 49.9 Å². The maximum Gasteiger partial charge on any atom is 0.262 e. The summed E-state index contributed by atoms with van der Waals surface area (Å²) in [6.07, 6.45) is 6.07. The van der Waals surface area contributed by atoms with Crippen LogP contribution >= 0.6 is 23.2 Å². The Balaban J connectivity index is 1.12. The van der Waals surface area contributed by atoms with Crippen LogP contribution in [0.5, 0.6) is 5.88 Å². The number of hydrogen-bond acceptors (Lipinski definition) is 8. The Kier molecular flexibility index (Phi) is 9.65. The summed E-state index contributed by atoms with van der Waals surface area (Å²) in [4.78, 5) is 34.1. The zero-order valence-electron chi connectivity index (χ0n) is 27.8. The molecule has 4 heterocycles. The van der Waals surface area contributed by atoms with Crippen molar-refractivity contribution in [1.82, 2.24) is 30.3 Å². The molecule has 1 amide bonds. The number of methoxy groups -OCH3 is 1. The molecule has 5 aromatic rings. The second-order valence-corrected chi connectivity index (χ2v) is 14.1. The van der Waals surface area contributed by atoms with Crippen molar-refractivity contribution in [3.05, 3.63) is 105 Å². The molecule has 12 heteroatoms. The number of aromatic nitrogens is 3. The number of rotatable bonds is 11. The lowest BCUT2D eigenvalue weighted by atomic mass is 9.77. The Morgan fingerprint density at radius 3 is 2.40 bits per heavy atom. The van der Waals surface area contributed by atoms with Crippen molar-refractivity contribution in [3.8, 4) is 39.4 Å². The number of nitrogens with zero attached hydrogens (tertiary/aromatic N) is 3. The Bertz CT molecular complexity index is 2140. The van der Waals surface area contributed by atoms with Gasteiger partial charge in [0.1, 0.15) is 5.65 Å². The quantitative estimate of drug-likeness (QED) is 0.136. The summed E-state index contributed by atoms with van der Waals surface area (Å²) in [5.74, 6) is 0.571. The zero-order valence-corrected chi connectivity index (χ0v) is 29.3. The second kappa shape index (κ2) is 14.1. The van der Waals surface area contributed by atoms with Crippen molar-refractivity contribution >= 4 is 34.8 Å². The summed E-state index contributed by atoms with van der Waals surface area (Å²) in [6, 6.07) is 19.5. The molecular formula is C38H38Cl2N6O4. The molecule has 1 unspecified atom stereocenters. The SMILES string of the molecule is COc1nc(-c2cccc(-c3cccc(-c4ccn5c(=O)c(CNCC6CCC(=O)N6)cnc5c4)c3Cl)c2Cl)ccc1CNC1CC(C)(O)C1. The van der Waals surface area contributed by atoms with E-state index in [0.29, 0.717) is 71.7 Å². The van der Waals surface area contributed by atoms with E-state index in [0.717, 1.165) is 39.8 Å². The average molecular weight is 714 g/mol. The van der Waals surface area contributed by atoms with Gasteiger partial charge in [-0.1, -0.05) is 65.7 Å². The largest absolute Gasteiger partial charge is 0.481 e. The van der Waals surface area contributed by atoms with Gasteiger partial charge >= 0.3 is 0 Å². The van der Waals surface area contributed by atoms with E-state index in [1.54, 1.807) is 19.5 Å². The van der Waals surface area contributed by atoms with Crippen molar-refractivity contribution in [2.24, 2.45) is 0 Å². The molecule has 4 N–H and O–H groups in total. The van der Waals surface area contributed by atoms with E-state index < -0.39 is 5.60 Å². The van der Waals surface area contributed by atoms with Gasteiger partial charge in [0.2, 0.25) is 11.8 Å². The highest BCUT2D eigenvalue weighted by molar-refractivity contribution is 6.39. The third kappa shape index (κ3) is 6.99. The number of amides is 1. The molecule has 258 valence electrons. The molecule has 10 nitrogen and oxygen atoms in total. The topological polar surface area (TPSA) is 130 Å². The van der Waals surface area contributed by atoms with E-state index in [-0.39, 0.29) is 23.6 Å². The number of hydrogen-bond donors (Lipinski definition) is 4. The van der Waals surface area contributed by atoms with E-state index in [1.165, 1.54) is 4.40 Å². The molecule has 2 aliphatic rings. The summed E-state index contributed by atoms with van der Waals surface area (Å²) >= 11 is 14.2. The Morgan fingerprint density at radius 1 is 0.980 bits per heavy atom. The number of aliphatic hydroxyl groups is 1. The first-order valence-corrected chi connectivity index (χ1v) is 17.4. The van der Waals surface area contributed by atoms with Gasteiger partial charge in [-0.25, -0.2) is 9.97 Å². The van der Waals surface area contributed by atoms with E-state index in [9.17, 15) is 14.7 Å². The zero-order chi connectivity index (χ0) is 35.0. The van der Waals surface area contributed by atoms with E-state index in [2.05, 4.69) is 20.9 Å². The van der Waals surface area contributed by atoms with Gasteiger partial charge in [-0.15, -0.1) is 0 Å². The van der Waals surface area contributed by atoms with Crippen molar-refractivity contribution in [2.75, 3.05) is 13.7 Å². The average Bonchev–Trinajstić information content (AvgIpc) is 3.52. The van der Waals surface area contributed by atoms with Crippen molar-refractivity contribution in [3.63, 3.8) is 0 Å². The normalized spacial score (nSPS) is 20.1. The van der Waals surface area contributed by atoms with E-state index in [1.807, 2.05) is 67.6 Å². The van der Waals surface area contributed by atoms with Gasteiger partial charge in [0, 0.05) is 83.9 Å². The lowest BCUT2D eigenvalue weighted by Gasteiger charge is -2.41. The molecule has 50 heavy (non-hydrogen) atoms. The molecule has 2 fully saturated rings. The van der Waals surface area contributed by atoms with Crippen LogP contribution in [-0.4, -0.2) is 56.7 Å². The van der Waals surface area contributed by atoms with Crippen LogP contribution in [0.15, 0.2) is 77.9 Å². The fraction of sp³-hybridized carbons (Fsp3) is 0.316. The van der Waals surface area contributed by atoms with E-state index in [4.69, 9.17) is 32.9 Å². The minimum absolute atomic E-state index is 0.0626. The first-order chi connectivity index (χ1) is 24.1. The molecule has 1 aliphatic heterocycles. The van der Waals surface area contributed by atoms with Crippen LogP contribution in [0.25, 0.3) is 39.2 Å². The maximum atomic E-state index is 13.3. The molecule has 1 atom stereocenters. The maximum absolute atomic E-state index is 13.3. The van der Waals surface area contributed by atoms with Crippen LogP contribution in [0.3, 0.4) is 0 Å². The monoisotopic (exact) mass is 712 g/mol. The minimum Gasteiger partial charge on any atom is -0.481 e. The van der Waals surface area contributed by atoms with Crippen molar-refractivity contribution < 1.29 is 14.6 Å². The lowest BCUT2D eigenvalue weighted by molar-refractivity contribution is -0.119. The highest BCUT2D eigenvalue weighted by Crippen LogP contribution is 2.42. The molecule has 1 saturated carbocycles. The fourth-order valence-electron chi connectivity index (χ4n) is 6.85. The summed E-state index contributed by atoms with van der Waals surface area (Å²) in [7, 11) is 1.60. The lowest BCUT2D eigenvalue weighted by Crippen LogP contribution is -2.51. The molecule has 1 saturated heterocycles. The summed E-state index contributed by atoms with van der Waals surface area (Å²) in [5, 5.41) is 20.7. The molecule has 2 aromatic carbocycles. The highest BCUT2D eigenvalue weighted by atomic mass is 35.5. The highest BCUT2D eigenvalue weighted by Gasteiger charge is 2.38. The first-order valence-electron chi connectivity index (χ1n) is 16.7. The minimum atomic E-state index is -0.595. The van der Waals surface area contributed by atoms with Crippen molar-refractivity contribution in [1.29, 1.82) is 0 Å². The number of halogens is 2. The van der Waals surface area contributed by atoms with Crippen LogP contribution in [0.2, 0.25) is 10.0 Å². The van der Waals surface area contributed by atoms with Gasteiger partial charge in [0.15, 0.2) is 0 Å². The molecular weight excluding hydrogens is 675 g/mol. The molecule has 0 bridgehead atoms. The third-order valence-corrected chi connectivity index (χ3v) is 10.3. The molecule has 3 aromatic heterocycles. The Labute approximate surface area is 299 Å². The number of carbonyl (C=O) groups is 1. The standard InChI is InChI=1S/C38H38Cl2N6O4/c1-38(49)16-26(17-38)42-19-23-9-11-31(45-36(23)50-2)30-8-4-7-29(35(30)40)28-6-3-5-27(34(28)39)22-13-14-46-32(15-22)43-20-24(37(46)48)18-41-21-25-10-12-33(47)44-25/h3-9,11,13-15,20,25-26,41-42,49H,10,12,16-19,21H2,1-2H3,(H,44,47). The van der Waals surface area contributed by atoms with Gasteiger partial charge in [-0.2, -0.15) is 0 Å². The molecule has 0 radical (unpaired) electrons. The second-order valence-electron chi connectivity index (χ2n) is 13.3. The predicted molar refractivity (Wildman–Crippen MR) is 195 cm³/mol. The summed E-state index contributed by atoms with van der Waals surface area (Å²) in [6.45, 7) is 3.38. The van der Waals surface area contributed by atoms with Crippen LogP contribution in [0, 0.1) is 0 Å². The van der Waals surface area contributed by atoms with Gasteiger partial charge in [0.25, 0.3) is 5.56 Å². The Morgan fingerprint density at radius 2 is 1.70 bits per heavy atom. The molecule has 0 spiro atoms. The number of nitrogens with one attached hydrogen (secondary N) is 3. The van der Waals surface area contributed by atoms with Crippen molar-refractivity contribution in [2.45, 2.75) is 63.4 Å². The Hall–Kier alpha value is -4.32. The molecule has 1 aliphatic carbocycles. The number of fused-ring (bicyclic) bond motifs is 1. The first kappa shape index (κ1) is 34.1. The van der Waals surface area contributed by atoms with Crippen LogP contribution in [0.1, 0.15) is 43.7 Å². The number of pyridine rings is 2. The van der Waals surface area contributed by atoms with Gasteiger partial charge in [-0.3, -0.25) is 14.0 Å². The number of ether oxygens (including phenoxy) is 1. The number of benzene rings is 2. The van der Waals surface area contributed by atoms with Crippen LogP contribution < -0.4 is 26.2 Å². The summed E-state index contributed by atoms with van der Waals surface area (Å²) in [5.41, 5.74) is 5.70. The van der Waals surface area contributed by atoms with Gasteiger partial charge < -0.3 is 25.8 Å². The van der Waals surface area contributed by atoms with Gasteiger partial charge in [0.05, 0.1) is 28.5 Å². The fourth-order valence-corrected chi connectivity index (χ4v) is 7.51.